The van der Waals surface area contributed by atoms with Gasteiger partial charge in [0.1, 0.15) is 5.60 Å². The lowest BCUT2D eigenvalue weighted by atomic mass is 9.99. The van der Waals surface area contributed by atoms with E-state index in [0.29, 0.717) is 10.6 Å². The molecule has 22 heavy (non-hydrogen) atoms. The minimum atomic E-state index is -1.12. The Balaban J connectivity index is 1.93. The first kappa shape index (κ1) is 16.7. The summed E-state index contributed by atoms with van der Waals surface area (Å²) in [6.45, 7) is 1.74. The fraction of sp³-hybridized carbons (Fsp3) is 0.267. The molecule has 0 saturated heterocycles. The number of anilines is 1. The van der Waals surface area contributed by atoms with Crippen LogP contribution in [0.25, 0.3) is 0 Å². The van der Waals surface area contributed by atoms with Gasteiger partial charge in [-0.3, -0.25) is 4.21 Å². The number of hydrogen-bond donors (Lipinski definition) is 3. The average Bonchev–Trinajstić information content (AvgIpc) is 3.00. The van der Waals surface area contributed by atoms with Crippen LogP contribution in [0, 0.1) is 0 Å². The molecule has 0 spiro atoms. The molecule has 2 atom stereocenters. The standard InChI is InChI=1S/C15H18N2O3S2/c1-15(19,11-6-7-21-9-11)10-16-14(18)17-12-4-3-5-13(8-12)22(2)20/h3-9,19H,10H2,1-2H3,(H2,16,17,18). The normalized spacial score (nSPS) is 14.9. The number of carbonyl (C=O) groups is 1. The second kappa shape index (κ2) is 7.04. The molecule has 1 heterocycles. The predicted molar refractivity (Wildman–Crippen MR) is 89.7 cm³/mol. The molecule has 5 nitrogen and oxygen atoms in total. The van der Waals surface area contributed by atoms with Crippen molar-refractivity contribution < 1.29 is 14.1 Å². The zero-order valence-electron chi connectivity index (χ0n) is 12.3. The van der Waals surface area contributed by atoms with Gasteiger partial charge in [-0.2, -0.15) is 11.3 Å². The van der Waals surface area contributed by atoms with Crippen LogP contribution in [0.3, 0.4) is 0 Å². The number of rotatable bonds is 5. The summed E-state index contributed by atoms with van der Waals surface area (Å²) in [7, 11) is -1.10. The third-order valence-electron chi connectivity index (χ3n) is 3.16. The zero-order chi connectivity index (χ0) is 16.2. The molecule has 0 saturated carbocycles. The van der Waals surface area contributed by atoms with E-state index in [2.05, 4.69) is 10.6 Å². The maximum absolute atomic E-state index is 11.9. The quantitative estimate of drug-likeness (QED) is 0.784. The van der Waals surface area contributed by atoms with E-state index in [9.17, 15) is 14.1 Å². The highest BCUT2D eigenvalue weighted by Gasteiger charge is 2.24. The summed E-state index contributed by atoms with van der Waals surface area (Å²) in [6.07, 6.45) is 1.58. The van der Waals surface area contributed by atoms with E-state index in [4.69, 9.17) is 0 Å². The van der Waals surface area contributed by atoms with Gasteiger partial charge in [0.2, 0.25) is 0 Å². The van der Waals surface area contributed by atoms with Crippen molar-refractivity contribution in [1.82, 2.24) is 5.32 Å². The molecule has 0 fully saturated rings. The fourth-order valence-corrected chi connectivity index (χ4v) is 3.20. The van der Waals surface area contributed by atoms with Crippen molar-refractivity contribution in [1.29, 1.82) is 0 Å². The molecule has 1 aromatic carbocycles. The van der Waals surface area contributed by atoms with Crippen molar-refractivity contribution in [2.24, 2.45) is 0 Å². The topological polar surface area (TPSA) is 78.4 Å². The van der Waals surface area contributed by atoms with Crippen molar-refractivity contribution in [2.45, 2.75) is 17.4 Å². The van der Waals surface area contributed by atoms with Gasteiger partial charge in [-0.05, 0) is 47.5 Å². The van der Waals surface area contributed by atoms with Crippen molar-refractivity contribution in [2.75, 3.05) is 18.1 Å². The average molecular weight is 338 g/mol. The Labute approximate surface area is 135 Å². The maximum Gasteiger partial charge on any atom is 0.319 e. The first-order valence-corrected chi connectivity index (χ1v) is 9.12. The lowest BCUT2D eigenvalue weighted by Crippen LogP contribution is -2.40. The van der Waals surface area contributed by atoms with Gasteiger partial charge in [0.25, 0.3) is 0 Å². The number of urea groups is 1. The third-order valence-corrected chi connectivity index (χ3v) is 4.76. The number of nitrogens with one attached hydrogen (secondary N) is 2. The second-order valence-corrected chi connectivity index (χ2v) is 7.24. The summed E-state index contributed by atoms with van der Waals surface area (Å²) >= 11 is 1.49. The Kier molecular flexibility index (Phi) is 5.33. The summed E-state index contributed by atoms with van der Waals surface area (Å²) in [6, 6.07) is 8.24. The van der Waals surface area contributed by atoms with Crippen LogP contribution in [0.4, 0.5) is 10.5 Å². The van der Waals surface area contributed by atoms with Crippen LogP contribution in [0.5, 0.6) is 0 Å². The van der Waals surface area contributed by atoms with E-state index < -0.39 is 22.4 Å². The summed E-state index contributed by atoms with van der Waals surface area (Å²) in [5.74, 6) is 0. The van der Waals surface area contributed by atoms with Crippen molar-refractivity contribution >= 4 is 33.9 Å². The van der Waals surface area contributed by atoms with Gasteiger partial charge in [0.05, 0.1) is 6.54 Å². The smallest absolute Gasteiger partial charge is 0.319 e. The highest BCUT2D eigenvalue weighted by Crippen LogP contribution is 2.22. The van der Waals surface area contributed by atoms with Gasteiger partial charge in [-0.25, -0.2) is 4.79 Å². The molecule has 7 heteroatoms. The van der Waals surface area contributed by atoms with Crippen molar-refractivity contribution in [3.05, 3.63) is 46.7 Å². The maximum atomic E-state index is 11.9. The molecular weight excluding hydrogens is 320 g/mol. The zero-order valence-corrected chi connectivity index (χ0v) is 14.0. The van der Waals surface area contributed by atoms with E-state index >= 15 is 0 Å². The van der Waals surface area contributed by atoms with Gasteiger partial charge in [-0.1, -0.05) is 6.07 Å². The van der Waals surface area contributed by atoms with Gasteiger partial charge >= 0.3 is 6.03 Å². The number of benzene rings is 1. The number of aliphatic hydroxyl groups is 1. The SMILES string of the molecule is CS(=O)c1cccc(NC(=O)NCC(C)(O)c2ccsc2)c1. The lowest BCUT2D eigenvalue weighted by molar-refractivity contribution is 0.0604. The predicted octanol–water partition coefficient (Wildman–Crippen LogP) is 2.51. The molecule has 0 aliphatic carbocycles. The molecule has 1 aromatic heterocycles. The highest BCUT2D eigenvalue weighted by molar-refractivity contribution is 7.84. The Morgan fingerprint density at radius 3 is 2.82 bits per heavy atom. The first-order valence-electron chi connectivity index (χ1n) is 6.62. The summed E-state index contributed by atoms with van der Waals surface area (Å²) in [5.41, 5.74) is 0.200. The molecule has 0 aliphatic rings. The van der Waals surface area contributed by atoms with Gasteiger partial charge in [0.15, 0.2) is 0 Å². The van der Waals surface area contributed by atoms with Crippen LogP contribution in [-0.4, -0.2) is 28.1 Å². The number of hydrogen-bond acceptors (Lipinski definition) is 4. The van der Waals surface area contributed by atoms with E-state index in [0.717, 1.165) is 5.56 Å². The monoisotopic (exact) mass is 338 g/mol. The molecular formula is C15H18N2O3S2. The molecule has 3 N–H and O–H groups in total. The van der Waals surface area contributed by atoms with Crippen LogP contribution < -0.4 is 10.6 Å². The fourth-order valence-electron chi connectivity index (χ4n) is 1.85. The van der Waals surface area contributed by atoms with Crippen LogP contribution in [0.1, 0.15) is 12.5 Å². The van der Waals surface area contributed by atoms with E-state index in [1.807, 2.05) is 16.8 Å². The first-order chi connectivity index (χ1) is 10.4. The third kappa shape index (κ3) is 4.40. The molecule has 118 valence electrons. The Morgan fingerprint density at radius 1 is 1.41 bits per heavy atom. The molecule has 2 amide bonds. The Morgan fingerprint density at radius 2 is 2.18 bits per heavy atom. The molecule has 0 radical (unpaired) electrons. The van der Waals surface area contributed by atoms with E-state index in [-0.39, 0.29) is 6.54 Å². The molecule has 2 unspecified atom stereocenters. The van der Waals surface area contributed by atoms with E-state index in [1.165, 1.54) is 11.3 Å². The molecule has 0 bridgehead atoms. The highest BCUT2D eigenvalue weighted by atomic mass is 32.2. The molecule has 0 aliphatic heterocycles. The van der Waals surface area contributed by atoms with Gasteiger partial charge in [-0.15, -0.1) is 0 Å². The van der Waals surface area contributed by atoms with E-state index in [1.54, 1.807) is 37.4 Å². The Bertz CT molecular complexity index is 669. The number of amides is 2. The Hall–Kier alpha value is -1.70. The molecule has 2 rings (SSSR count). The molecule has 2 aromatic rings. The number of thiophene rings is 1. The second-order valence-electron chi connectivity index (χ2n) is 5.08. The van der Waals surface area contributed by atoms with Crippen molar-refractivity contribution in [3.8, 4) is 0 Å². The summed E-state index contributed by atoms with van der Waals surface area (Å²) in [4.78, 5) is 12.5. The largest absolute Gasteiger partial charge is 0.384 e. The lowest BCUT2D eigenvalue weighted by Gasteiger charge is -2.22. The van der Waals surface area contributed by atoms with Crippen molar-refractivity contribution in [3.63, 3.8) is 0 Å². The summed E-state index contributed by atoms with van der Waals surface area (Å²) in [5, 5.41) is 19.4. The summed E-state index contributed by atoms with van der Waals surface area (Å²) < 4.78 is 11.4. The minimum absolute atomic E-state index is 0.0922. The van der Waals surface area contributed by atoms with Crippen LogP contribution in [0.15, 0.2) is 46.0 Å². The minimum Gasteiger partial charge on any atom is -0.384 e. The van der Waals surface area contributed by atoms with Crippen LogP contribution in [-0.2, 0) is 16.4 Å². The van der Waals surface area contributed by atoms with Gasteiger partial charge < -0.3 is 15.7 Å². The van der Waals surface area contributed by atoms with Crippen LogP contribution in [0.2, 0.25) is 0 Å². The number of carbonyl (C=O) groups excluding carboxylic acids is 1. The van der Waals surface area contributed by atoms with Gasteiger partial charge in [0, 0.05) is 27.6 Å². The van der Waals surface area contributed by atoms with Crippen LogP contribution >= 0.6 is 11.3 Å².